The Bertz CT molecular complexity index is 903. The number of rotatable bonds is 9. The molecule has 9 heteroatoms. The first-order chi connectivity index (χ1) is 15.3. The second-order valence-corrected chi connectivity index (χ2v) is 8.87. The van der Waals surface area contributed by atoms with Crippen LogP contribution in [0.25, 0.3) is 0 Å². The van der Waals surface area contributed by atoms with E-state index in [1.54, 1.807) is 25.1 Å². The average Bonchev–Trinajstić information content (AvgIpc) is 2.93. The summed E-state index contributed by atoms with van der Waals surface area (Å²) in [5, 5.41) is 10.2. The maximum atomic E-state index is 15.2. The first-order valence-corrected chi connectivity index (χ1v) is 10.9. The molecule has 1 atom stereocenters. The lowest BCUT2D eigenvalue weighted by Gasteiger charge is -2.32. The summed E-state index contributed by atoms with van der Waals surface area (Å²) >= 11 is 0. The summed E-state index contributed by atoms with van der Waals surface area (Å²) < 4.78 is 43.1. The van der Waals surface area contributed by atoms with Crippen molar-refractivity contribution in [2.24, 2.45) is 0 Å². The van der Waals surface area contributed by atoms with E-state index in [1.165, 1.54) is 21.0 Å². The van der Waals surface area contributed by atoms with Crippen molar-refractivity contribution in [3.8, 4) is 11.5 Å². The summed E-state index contributed by atoms with van der Waals surface area (Å²) in [4.78, 5) is 12.0. The normalized spacial score (nSPS) is 19.1. The van der Waals surface area contributed by atoms with Crippen molar-refractivity contribution in [2.75, 3.05) is 13.7 Å². The summed E-state index contributed by atoms with van der Waals surface area (Å²) in [6.07, 6.45) is 0.0998. The van der Waals surface area contributed by atoms with E-state index in [2.05, 4.69) is 0 Å². The first-order valence-electron chi connectivity index (χ1n) is 10.9. The van der Waals surface area contributed by atoms with E-state index in [0.717, 1.165) is 6.08 Å². The van der Waals surface area contributed by atoms with Crippen molar-refractivity contribution < 1.29 is 37.8 Å². The van der Waals surface area contributed by atoms with Crippen LogP contribution in [0, 0.1) is 0 Å². The lowest BCUT2D eigenvalue weighted by molar-refractivity contribution is -0.142. The fraction of sp³-hybridized carbons (Fsp3) is 0.542. The van der Waals surface area contributed by atoms with Gasteiger partial charge in [0.25, 0.3) is 0 Å². The molecule has 1 unspecified atom stereocenters. The maximum Gasteiger partial charge on any atom is 0.498 e. The fourth-order valence-electron chi connectivity index (χ4n) is 3.11. The van der Waals surface area contributed by atoms with E-state index in [-0.39, 0.29) is 24.3 Å². The molecule has 1 aromatic carbocycles. The zero-order chi connectivity index (χ0) is 25.0. The lowest BCUT2D eigenvalue weighted by atomic mass is 9.76. The molecule has 0 saturated carbocycles. The summed E-state index contributed by atoms with van der Waals surface area (Å²) in [5.74, 6) is -0.408. The average molecular weight is 464 g/mol. The van der Waals surface area contributed by atoms with Crippen molar-refractivity contribution in [3.63, 3.8) is 0 Å². The molecule has 182 valence electrons. The Balaban J connectivity index is 2.27. The number of allylic oxidation sites excluding steroid dienone is 3. The van der Waals surface area contributed by atoms with Crippen LogP contribution in [0.1, 0.15) is 54.0 Å². The van der Waals surface area contributed by atoms with Crippen LogP contribution >= 0.6 is 0 Å². The van der Waals surface area contributed by atoms with Crippen LogP contribution in [0.4, 0.5) is 4.39 Å². The third-order valence-electron chi connectivity index (χ3n) is 5.82. The summed E-state index contributed by atoms with van der Waals surface area (Å²) in [6, 6.07) is 4.94. The number of aliphatic hydroxyl groups is 1. The van der Waals surface area contributed by atoms with Gasteiger partial charge in [-0.25, -0.2) is 4.39 Å². The molecule has 0 amide bonds. The molecule has 7 nitrogen and oxygen atoms in total. The second-order valence-electron chi connectivity index (χ2n) is 8.87. The molecule has 1 aliphatic rings. The van der Waals surface area contributed by atoms with E-state index < -0.39 is 36.2 Å². The van der Waals surface area contributed by atoms with Gasteiger partial charge < -0.3 is 28.6 Å². The molecule has 0 bridgehead atoms. The number of aliphatic hydroxyl groups excluding tert-OH is 1. The molecule has 0 aromatic heterocycles. The van der Waals surface area contributed by atoms with Crippen molar-refractivity contribution in [1.82, 2.24) is 0 Å². The van der Waals surface area contributed by atoms with Crippen LogP contribution in [-0.2, 0) is 25.3 Å². The molecule has 33 heavy (non-hydrogen) atoms. The van der Waals surface area contributed by atoms with E-state index in [1.807, 2.05) is 27.7 Å². The second kappa shape index (κ2) is 10.6. The molecule has 1 N–H and O–H groups in total. The van der Waals surface area contributed by atoms with E-state index in [0.29, 0.717) is 17.1 Å². The zero-order valence-electron chi connectivity index (χ0n) is 20.7. The predicted octanol–water partition coefficient (Wildman–Crippen LogP) is 4.88. The number of benzene rings is 1. The van der Waals surface area contributed by atoms with Crippen LogP contribution in [0.5, 0.6) is 11.5 Å². The van der Waals surface area contributed by atoms with Gasteiger partial charge in [-0.2, -0.15) is 0 Å². The van der Waals surface area contributed by atoms with Gasteiger partial charge in [0.05, 0.1) is 37.1 Å². The first kappa shape index (κ1) is 26.7. The van der Waals surface area contributed by atoms with Gasteiger partial charge >= 0.3 is 13.1 Å². The summed E-state index contributed by atoms with van der Waals surface area (Å²) in [5.41, 5.74) is -0.589. The van der Waals surface area contributed by atoms with Crippen molar-refractivity contribution in [2.45, 2.75) is 72.2 Å². The van der Waals surface area contributed by atoms with Gasteiger partial charge in [-0.3, -0.25) is 4.79 Å². The maximum absolute atomic E-state index is 15.2. The molecule has 0 spiro atoms. The number of carbonyl (C=O) groups excluding carboxylic acids is 1. The Hall–Kier alpha value is -2.52. The zero-order valence-corrected chi connectivity index (χ0v) is 20.7. The Morgan fingerprint density at radius 2 is 1.85 bits per heavy atom. The van der Waals surface area contributed by atoms with Gasteiger partial charge in [0.15, 0.2) is 0 Å². The van der Waals surface area contributed by atoms with Crippen LogP contribution in [0.15, 0.2) is 41.3 Å². The SMILES string of the molecule is CCOC(=O)Cc1ccc(OC)cc1OC(C)/C(F)=C/C(B1OC(C)(C)C(C)(C)O1)=C(\C)O. The quantitative estimate of drug-likeness (QED) is 0.241. The van der Waals surface area contributed by atoms with Gasteiger partial charge in [-0.15, -0.1) is 0 Å². The molecule has 1 aromatic rings. The number of carbonyl (C=O) groups is 1. The van der Waals surface area contributed by atoms with E-state index in [9.17, 15) is 9.90 Å². The number of methoxy groups -OCH3 is 1. The highest BCUT2D eigenvalue weighted by Gasteiger charge is 2.52. The third-order valence-corrected chi connectivity index (χ3v) is 5.82. The summed E-state index contributed by atoms with van der Waals surface area (Å²) in [6.45, 7) is 12.4. The highest BCUT2D eigenvalue weighted by molar-refractivity contribution is 6.55. The van der Waals surface area contributed by atoms with Crippen LogP contribution < -0.4 is 9.47 Å². The van der Waals surface area contributed by atoms with Gasteiger partial charge in [0.1, 0.15) is 23.4 Å². The third kappa shape index (κ3) is 6.51. The topological polar surface area (TPSA) is 83.5 Å². The van der Waals surface area contributed by atoms with E-state index in [4.69, 9.17) is 23.5 Å². The Morgan fingerprint density at radius 1 is 1.24 bits per heavy atom. The molecule has 1 saturated heterocycles. The predicted molar refractivity (Wildman–Crippen MR) is 124 cm³/mol. The number of hydrogen-bond donors (Lipinski definition) is 1. The number of esters is 1. The van der Waals surface area contributed by atoms with Crippen LogP contribution in [0.2, 0.25) is 0 Å². The van der Waals surface area contributed by atoms with E-state index >= 15 is 4.39 Å². The molecule has 2 rings (SSSR count). The Kier molecular flexibility index (Phi) is 8.60. The highest BCUT2D eigenvalue weighted by atomic mass is 19.1. The number of hydrogen-bond acceptors (Lipinski definition) is 7. The largest absolute Gasteiger partial charge is 0.513 e. The molecule has 0 aliphatic carbocycles. The Labute approximate surface area is 195 Å². The monoisotopic (exact) mass is 464 g/mol. The molecule has 1 aliphatic heterocycles. The smallest absolute Gasteiger partial charge is 0.498 e. The molecule has 1 heterocycles. The van der Waals surface area contributed by atoms with Gasteiger partial charge in [-0.1, -0.05) is 6.07 Å². The van der Waals surface area contributed by atoms with Gasteiger partial charge in [0.2, 0.25) is 0 Å². The number of ether oxygens (including phenoxy) is 3. The lowest BCUT2D eigenvalue weighted by Crippen LogP contribution is -2.41. The van der Waals surface area contributed by atoms with Gasteiger partial charge in [-0.05, 0) is 60.6 Å². The molecule has 1 fully saturated rings. The minimum absolute atomic E-state index is 0.0277. The van der Waals surface area contributed by atoms with Crippen molar-refractivity contribution >= 4 is 13.1 Å². The van der Waals surface area contributed by atoms with Crippen molar-refractivity contribution in [3.05, 3.63) is 46.9 Å². The van der Waals surface area contributed by atoms with Crippen LogP contribution in [-0.4, -0.2) is 49.2 Å². The van der Waals surface area contributed by atoms with Crippen LogP contribution in [0.3, 0.4) is 0 Å². The highest BCUT2D eigenvalue weighted by Crippen LogP contribution is 2.39. The van der Waals surface area contributed by atoms with Crippen molar-refractivity contribution in [1.29, 1.82) is 0 Å². The minimum Gasteiger partial charge on any atom is -0.513 e. The fourth-order valence-corrected chi connectivity index (χ4v) is 3.11. The molecular weight excluding hydrogens is 430 g/mol. The Morgan fingerprint density at radius 3 is 2.36 bits per heavy atom. The standard InChI is InChI=1S/C24H34BFO7/c1-9-30-22(28)12-17-10-11-18(29-8)13-21(17)31-16(3)20(26)14-19(15(2)27)25-32-23(4,5)24(6,7)33-25/h10-11,13-14,16,27H,9,12H2,1-8H3/b19-15-,20-14-. The number of halogens is 1. The summed E-state index contributed by atoms with van der Waals surface area (Å²) in [7, 11) is 0.564. The molecular formula is C24H34BFO7. The van der Waals surface area contributed by atoms with Gasteiger partial charge in [0, 0.05) is 17.1 Å². The minimum atomic E-state index is -1.03. The molecule has 0 radical (unpaired) electrons.